The molecule has 1 aromatic rings. The second kappa shape index (κ2) is 4.98. The standard InChI is InChI=1S/C10H12ClNO2/c1-7-3-4-8(11)9(5-7)12-10(13)6-14-2/h3-5H,6H2,1-2H3,(H,12,13). The molecule has 14 heavy (non-hydrogen) atoms. The molecule has 0 unspecified atom stereocenters. The summed E-state index contributed by atoms with van der Waals surface area (Å²) in [6.45, 7) is 1.96. The number of rotatable bonds is 3. The van der Waals surface area contributed by atoms with E-state index < -0.39 is 0 Å². The molecule has 1 amide bonds. The molecule has 3 nitrogen and oxygen atoms in total. The number of hydrogen-bond acceptors (Lipinski definition) is 2. The van der Waals surface area contributed by atoms with E-state index in [1.807, 2.05) is 19.1 Å². The molecule has 0 aliphatic rings. The van der Waals surface area contributed by atoms with Crippen LogP contribution >= 0.6 is 11.6 Å². The van der Waals surface area contributed by atoms with E-state index in [0.717, 1.165) is 5.56 Å². The van der Waals surface area contributed by atoms with Gasteiger partial charge >= 0.3 is 0 Å². The lowest BCUT2D eigenvalue weighted by atomic mass is 10.2. The SMILES string of the molecule is COCC(=O)Nc1cc(C)ccc1Cl. The predicted octanol–water partition coefficient (Wildman–Crippen LogP) is 2.23. The van der Waals surface area contributed by atoms with E-state index in [1.54, 1.807) is 6.07 Å². The lowest BCUT2D eigenvalue weighted by molar-refractivity contribution is -0.119. The Morgan fingerprint density at radius 3 is 2.93 bits per heavy atom. The molecule has 0 radical (unpaired) electrons. The molecular formula is C10H12ClNO2. The molecule has 0 saturated heterocycles. The summed E-state index contributed by atoms with van der Waals surface area (Å²) in [5.74, 6) is -0.208. The van der Waals surface area contributed by atoms with Crippen molar-refractivity contribution in [2.24, 2.45) is 0 Å². The summed E-state index contributed by atoms with van der Waals surface area (Å²) < 4.78 is 4.69. The van der Waals surface area contributed by atoms with Crippen LogP contribution in [0.4, 0.5) is 5.69 Å². The monoisotopic (exact) mass is 213 g/mol. The maximum absolute atomic E-state index is 11.2. The van der Waals surface area contributed by atoms with Crippen molar-refractivity contribution in [2.45, 2.75) is 6.92 Å². The first kappa shape index (κ1) is 11.0. The van der Waals surface area contributed by atoms with Crippen LogP contribution < -0.4 is 5.32 Å². The van der Waals surface area contributed by atoms with E-state index >= 15 is 0 Å². The summed E-state index contributed by atoms with van der Waals surface area (Å²) in [5, 5.41) is 3.18. The first-order valence-electron chi connectivity index (χ1n) is 4.18. The first-order valence-corrected chi connectivity index (χ1v) is 4.56. The number of amides is 1. The Bertz CT molecular complexity index is 339. The number of anilines is 1. The third-order valence-electron chi connectivity index (χ3n) is 1.67. The summed E-state index contributed by atoms with van der Waals surface area (Å²) in [5.41, 5.74) is 1.66. The fourth-order valence-electron chi connectivity index (χ4n) is 1.05. The van der Waals surface area contributed by atoms with E-state index in [4.69, 9.17) is 16.3 Å². The van der Waals surface area contributed by atoms with E-state index in [-0.39, 0.29) is 12.5 Å². The minimum Gasteiger partial charge on any atom is -0.375 e. The number of carbonyl (C=O) groups excluding carboxylic acids is 1. The van der Waals surface area contributed by atoms with Gasteiger partial charge in [-0.1, -0.05) is 17.7 Å². The normalized spacial score (nSPS) is 9.93. The number of ether oxygens (including phenoxy) is 1. The molecule has 0 saturated carbocycles. The summed E-state index contributed by atoms with van der Waals surface area (Å²) in [7, 11) is 1.47. The van der Waals surface area contributed by atoms with Gasteiger partial charge in [0.2, 0.25) is 5.91 Å². The molecule has 0 aliphatic heterocycles. The Kier molecular flexibility index (Phi) is 3.92. The summed E-state index contributed by atoms with van der Waals surface area (Å²) >= 11 is 5.88. The van der Waals surface area contributed by atoms with Crippen molar-refractivity contribution in [3.05, 3.63) is 28.8 Å². The van der Waals surface area contributed by atoms with Crippen molar-refractivity contribution >= 4 is 23.2 Å². The zero-order chi connectivity index (χ0) is 10.6. The molecule has 0 bridgehead atoms. The van der Waals surface area contributed by atoms with Crippen molar-refractivity contribution < 1.29 is 9.53 Å². The van der Waals surface area contributed by atoms with Crippen molar-refractivity contribution in [3.8, 4) is 0 Å². The van der Waals surface area contributed by atoms with Crippen LogP contribution in [0.1, 0.15) is 5.56 Å². The molecule has 0 aromatic heterocycles. The van der Waals surface area contributed by atoms with Crippen LogP contribution in [-0.2, 0) is 9.53 Å². The van der Waals surface area contributed by atoms with Gasteiger partial charge in [0.05, 0.1) is 10.7 Å². The molecule has 4 heteroatoms. The van der Waals surface area contributed by atoms with Crippen LogP contribution in [0.25, 0.3) is 0 Å². The van der Waals surface area contributed by atoms with Gasteiger partial charge in [-0.2, -0.15) is 0 Å². The van der Waals surface area contributed by atoms with Gasteiger partial charge in [0.25, 0.3) is 0 Å². The lowest BCUT2D eigenvalue weighted by Crippen LogP contribution is -2.17. The summed E-state index contributed by atoms with van der Waals surface area (Å²) in [4.78, 5) is 11.2. The van der Waals surface area contributed by atoms with E-state index in [9.17, 15) is 4.79 Å². The Balaban J connectivity index is 2.75. The average Bonchev–Trinajstić information content (AvgIpc) is 2.12. The highest BCUT2D eigenvalue weighted by molar-refractivity contribution is 6.33. The quantitative estimate of drug-likeness (QED) is 0.836. The van der Waals surface area contributed by atoms with Crippen molar-refractivity contribution in [2.75, 3.05) is 19.0 Å². The van der Waals surface area contributed by atoms with E-state index in [1.165, 1.54) is 7.11 Å². The molecule has 0 aliphatic carbocycles. The minimum absolute atomic E-state index is 0.0320. The average molecular weight is 214 g/mol. The molecule has 1 N–H and O–H groups in total. The highest BCUT2D eigenvalue weighted by Crippen LogP contribution is 2.22. The van der Waals surface area contributed by atoms with Crippen molar-refractivity contribution in [1.29, 1.82) is 0 Å². The predicted molar refractivity (Wildman–Crippen MR) is 56.7 cm³/mol. The topological polar surface area (TPSA) is 38.3 Å². The molecule has 0 atom stereocenters. The van der Waals surface area contributed by atoms with Crippen molar-refractivity contribution in [1.82, 2.24) is 0 Å². The van der Waals surface area contributed by atoms with Gasteiger partial charge in [-0.05, 0) is 24.6 Å². The molecular weight excluding hydrogens is 202 g/mol. The highest BCUT2D eigenvalue weighted by Gasteiger charge is 2.04. The summed E-state index contributed by atoms with van der Waals surface area (Å²) in [6, 6.07) is 5.45. The van der Waals surface area contributed by atoms with Gasteiger partial charge in [-0.15, -0.1) is 0 Å². The Morgan fingerprint density at radius 2 is 2.29 bits per heavy atom. The highest BCUT2D eigenvalue weighted by atomic mass is 35.5. The van der Waals surface area contributed by atoms with Crippen LogP contribution in [0.5, 0.6) is 0 Å². The molecule has 1 aromatic carbocycles. The Morgan fingerprint density at radius 1 is 1.57 bits per heavy atom. The van der Waals surface area contributed by atoms with Crippen molar-refractivity contribution in [3.63, 3.8) is 0 Å². The number of aryl methyl sites for hydroxylation is 1. The zero-order valence-electron chi connectivity index (χ0n) is 8.13. The number of nitrogens with one attached hydrogen (secondary N) is 1. The van der Waals surface area contributed by atoms with E-state index in [0.29, 0.717) is 10.7 Å². The number of hydrogen-bond donors (Lipinski definition) is 1. The minimum atomic E-state index is -0.208. The zero-order valence-corrected chi connectivity index (χ0v) is 8.89. The summed E-state index contributed by atoms with van der Waals surface area (Å²) in [6.07, 6.45) is 0. The third-order valence-corrected chi connectivity index (χ3v) is 2.00. The molecule has 1 rings (SSSR count). The number of halogens is 1. The lowest BCUT2D eigenvalue weighted by Gasteiger charge is -2.07. The van der Waals surface area contributed by atoms with Gasteiger partial charge in [0.15, 0.2) is 0 Å². The fraction of sp³-hybridized carbons (Fsp3) is 0.300. The third kappa shape index (κ3) is 3.01. The number of benzene rings is 1. The molecule has 0 spiro atoms. The smallest absolute Gasteiger partial charge is 0.250 e. The second-order valence-corrected chi connectivity index (χ2v) is 3.37. The first-order chi connectivity index (χ1) is 6.63. The van der Waals surface area contributed by atoms with Gasteiger partial charge in [0.1, 0.15) is 6.61 Å². The van der Waals surface area contributed by atoms with E-state index in [2.05, 4.69) is 5.32 Å². The maximum Gasteiger partial charge on any atom is 0.250 e. The van der Waals surface area contributed by atoms with Gasteiger partial charge in [-0.3, -0.25) is 4.79 Å². The molecule has 0 fully saturated rings. The second-order valence-electron chi connectivity index (χ2n) is 2.96. The van der Waals surface area contributed by atoms with Gasteiger partial charge in [-0.25, -0.2) is 0 Å². The van der Waals surface area contributed by atoms with Crippen LogP contribution in [0, 0.1) is 6.92 Å². The number of carbonyl (C=O) groups is 1. The molecule has 76 valence electrons. The maximum atomic E-state index is 11.2. The Labute approximate surface area is 88.0 Å². The van der Waals surface area contributed by atoms with Gasteiger partial charge < -0.3 is 10.1 Å². The van der Waals surface area contributed by atoms with Gasteiger partial charge in [0, 0.05) is 7.11 Å². The fourth-order valence-corrected chi connectivity index (χ4v) is 1.22. The Hall–Kier alpha value is -1.06. The largest absolute Gasteiger partial charge is 0.375 e. The van der Waals surface area contributed by atoms with Crippen LogP contribution in [0.15, 0.2) is 18.2 Å². The van der Waals surface area contributed by atoms with Crippen LogP contribution in [0.2, 0.25) is 5.02 Å². The van der Waals surface area contributed by atoms with Crippen LogP contribution in [-0.4, -0.2) is 19.6 Å². The number of methoxy groups -OCH3 is 1. The molecule has 0 heterocycles. The van der Waals surface area contributed by atoms with Crippen LogP contribution in [0.3, 0.4) is 0 Å².